The molecule has 0 unspecified atom stereocenters. The Balaban J connectivity index is 2.06. The van der Waals surface area contributed by atoms with Crippen molar-refractivity contribution in [3.8, 4) is 0 Å². The molecule has 1 aromatic heterocycles. The molecule has 0 aliphatic rings. The van der Waals surface area contributed by atoms with Crippen LogP contribution in [0.1, 0.15) is 11.3 Å². The zero-order chi connectivity index (χ0) is 13.1. The minimum Gasteiger partial charge on any atom is -0.381 e. The van der Waals surface area contributed by atoms with Gasteiger partial charge in [-0.15, -0.1) is 0 Å². The molecule has 0 atom stereocenters. The second-order valence-corrected chi connectivity index (χ2v) is 4.68. The molecule has 96 valence electrons. The molecule has 0 radical (unpaired) electrons. The molecule has 18 heavy (non-hydrogen) atoms. The zero-order valence-corrected chi connectivity index (χ0v) is 11.4. The predicted octanol–water partition coefficient (Wildman–Crippen LogP) is 2.41. The maximum Gasteiger partial charge on any atom is 0.0542 e. The first kappa shape index (κ1) is 12.5. The summed E-state index contributed by atoms with van der Waals surface area (Å²) in [5.41, 5.74) is 4.76. The van der Waals surface area contributed by atoms with Crippen molar-refractivity contribution < 1.29 is 0 Å². The van der Waals surface area contributed by atoms with Crippen LogP contribution in [0.3, 0.4) is 0 Å². The van der Waals surface area contributed by atoms with E-state index in [2.05, 4.69) is 46.5 Å². The Morgan fingerprint density at radius 1 is 1.33 bits per heavy atom. The molecule has 0 aliphatic carbocycles. The van der Waals surface area contributed by atoms with Gasteiger partial charge in [-0.05, 0) is 25.1 Å². The van der Waals surface area contributed by atoms with Crippen LogP contribution in [0.4, 0.5) is 11.4 Å². The van der Waals surface area contributed by atoms with E-state index < -0.39 is 0 Å². The molecule has 1 heterocycles. The SMILES string of the molecule is Cc1c(CNc2cccc(N(C)C)c2)cnn1C. The first-order chi connectivity index (χ1) is 8.58. The lowest BCUT2D eigenvalue weighted by molar-refractivity contribution is 0.738. The molecule has 0 amide bonds. The molecule has 0 saturated carbocycles. The van der Waals surface area contributed by atoms with E-state index in [4.69, 9.17) is 0 Å². The van der Waals surface area contributed by atoms with Gasteiger partial charge in [-0.25, -0.2) is 0 Å². The average Bonchev–Trinajstić information content (AvgIpc) is 2.68. The summed E-state index contributed by atoms with van der Waals surface area (Å²) in [5, 5.41) is 7.67. The summed E-state index contributed by atoms with van der Waals surface area (Å²) in [6, 6.07) is 8.39. The first-order valence-corrected chi connectivity index (χ1v) is 6.06. The van der Waals surface area contributed by atoms with Gasteiger partial charge in [-0.1, -0.05) is 6.07 Å². The molecule has 0 spiro atoms. The lowest BCUT2D eigenvalue weighted by Crippen LogP contribution is -2.09. The number of hydrogen-bond acceptors (Lipinski definition) is 3. The summed E-state index contributed by atoms with van der Waals surface area (Å²) in [4.78, 5) is 2.10. The Morgan fingerprint density at radius 2 is 2.11 bits per heavy atom. The minimum atomic E-state index is 0.802. The quantitative estimate of drug-likeness (QED) is 0.896. The van der Waals surface area contributed by atoms with Crippen molar-refractivity contribution in [2.24, 2.45) is 7.05 Å². The standard InChI is InChI=1S/C14H20N4/c1-11-12(10-16-18(11)4)9-15-13-6-5-7-14(8-13)17(2)3/h5-8,10,15H,9H2,1-4H3. The number of aryl methyl sites for hydroxylation is 1. The summed E-state index contributed by atoms with van der Waals surface area (Å²) >= 11 is 0. The van der Waals surface area contributed by atoms with E-state index in [0.717, 1.165) is 12.2 Å². The fourth-order valence-electron chi connectivity index (χ4n) is 1.81. The van der Waals surface area contributed by atoms with Gasteiger partial charge in [0.15, 0.2) is 0 Å². The van der Waals surface area contributed by atoms with Gasteiger partial charge in [0, 0.05) is 50.3 Å². The Kier molecular flexibility index (Phi) is 3.55. The molecule has 2 rings (SSSR count). The van der Waals surface area contributed by atoms with Crippen LogP contribution in [0.15, 0.2) is 30.5 Å². The van der Waals surface area contributed by atoms with Crippen LogP contribution in [0.2, 0.25) is 0 Å². The van der Waals surface area contributed by atoms with Crippen LogP contribution in [-0.4, -0.2) is 23.9 Å². The Bertz CT molecular complexity index is 528. The fourth-order valence-corrected chi connectivity index (χ4v) is 1.81. The average molecular weight is 244 g/mol. The van der Waals surface area contributed by atoms with Crippen LogP contribution >= 0.6 is 0 Å². The third-order valence-electron chi connectivity index (χ3n) is 3.18. The molecule has 0 bridgehead atoms. The Labute approximate surface area is 108 Å². The molecule has 2 aromatic rings. The lowest BCUT2D eigenvalue weighted by Gasteiger charge is -2.14. The summed E-state index contributed by atoms with van der Waals surface area (Å²) < 4.78 is 1.90. The van der Waals surface area contributed by atoms with Gasteiger partial charge in [0.25, 0.3) is 0 Å². The molecule has 1 N–H and O–H groups in total. The number of nitrogens with zero attached hydrogens (tertiary/aromatic N) is 3. The number of rotatable bonds is 4. The van der Waals surface area contributed by atoms with Gasteiger partial charge >= 0.3 is 0 Å². The zero-order valence-electron chi connectivity index (χ0n) is 11.4. The highest BCUT2D eigenvalue weighted by atomic mass is 15.3. The van der Waals surface area contributed by atoms with Gasteiger partial charge in [-0.2, -0.15) is 5.10 Å². The van der Waals surface area contributed by atoms with Gasteiger partial charge in [0.2, 0.25) is 0 Å². The number of hydrogen-bond donors (Lipinski definition) is 1. The largest absolute Gasteiger partial charge is 0.381 e. The maximum atomic E-state index is 4.24. The van der Waals surface area contributed by atoms with Crippen molar-refractivity contribution in [3.63, 3.8) is 0 Å². The van der Waals surface area contributed by atoms with Gasteiger partial charge in [0.1, 0.15) is 0 Å². The Morgan fingerprint density at radius 3 is 2.72 bits per heavy atom. The number of aromatic nitrogens is 2. The number of nitrogens with one attached hydrogen (secondary N) is 1. The van der Waals surface area contributed by atoms with Crippen molar-refractivity contribution >= 4 is 11.4 Å². The third kappa shape index (κ3) is 2.64. The topological polar surface area (TPSA) is 33.1 Å². The van der Waals surface area contributed by atoms with Crippen molar-refractivity contribution in [2.45, 2.75) is 13.5 Å². The van der Waals surface area contributed by atoms with E-state index in [0.29, 0.717) is 0 Å². The number of anilines is 2. The van der Waals surface area contributed by atoms with Crippen molar-refractivity contribution in [1.82, 2.24) is 9.78 Å². The van der Waals surface area contributed by atoms with Crippen LogP contribution in [0.5, 0.6) is 0 Å². The van der Waals surface area contributed by atoms with E-state index in [9.17, 15) is 0 Å². The van der Waals surface area contributed by atoms with Crippen LogP contribution in [0.25, 0.3) is 0 Å². The molecule has 0 fully saturated rings. The van der Waals surface area contributed by atoms with E-state index in [1.54, 1.807) is 0 Å². The molecule has 4 nitrogen and oxygen atoms in total. The highest BCUT2D eigenvalue weighted by Gasteiger charge is 2.03. The van der Waals surface area contributed by atoms with Gasteiger partial charge < -0.3 is 10.2 Å². The Hall–Kier alpha value is -1.97. The normalized spacial score (nSPS) is 10.4. The molecular weight excluding hydrogens is 224 g/mol. The monoisotopic (exact) mass is 244 g/mol. The summed E-state index contributed by atoms with van der Waals surface area (Å²) in [6.45, 7) is 2.89. The van der Waals surface area contributed by atoms with Crippen molar-refractivity contribution in [3.05, 3.63) is 41.7 Å². The van der Waals surface area contributed by atoms with Crippen LogP contribution in [0, 0.1) is 6.92 Å². The van der Waals surface area contributed by atoms with Gasteiger partial charge in [-0.3, -0.25) is 4.68 Å². The summed E-state index contributed by atoms with van der Waals surface area (Å²) in [5.74, 6) is 0. The molecule has 1 aromatic carbocycles. The highest BCUT2D eigenvalue weighted by Crippen LogP contribution is 2.18. The first-order valence-electron chi connectivity index (χ1n) is 6.06. The van der Waals surface area contributed by atoms with E-state index in [-0.39, 0.29) is 0 Å². The molecular formula is C14H20N4. The van der Waals surface area contributed by atoms with E-state index >= 15 is 0 Å². The van der Waals surface area contributed by atoms with Crippen LogP contribution < -0.4 is 10.2 Å². The van der Waals surface area contributed by atoms with Crippen molar-refractivity contribution in [1.29, 1.82) is 0 Å². The molecule has 0 aliphatic heterocycles. The summed E-state index contributed by atoms with van der Waals surface area (Å²) in [7, 11) is 6.06. The lowest BCUT2D eigenvalue weighted by atomic mass is 10.2. The number of benzene rings is 1. The summed E-state index contributed by atoms with van der Waals surface area (Å²) in [6.07, 6.45) is 1.91. The fraction of sp³-hybridized carbons (Fsp3) is 0.357. The predicted molar refractivity (Wildman–Crippen MR) is 76.0 cm³/mol. The van der Waals surface area contributed by atoms with Gasteiger partial charge in [0.05, 0.1) is 6.20 Å². The van der Waals surface area contributed by atoms with E-state index in [1.807, 2.05) is 32.0 Å². The third-order valence-corrected chi connectivity index (χ3v) is 3.18. The minimum absolute atomic E-state index is 0.802. The second-order valence-electron chi connectivity index (χ2n) is 4.68. The smallest absolute Gasteiger partial charge is 0.0542 e. The molecule has 4 heteroatoms. The second kappa shape index (κ2) is 5.12. The maximum absolute atomic E-state index is 4.24. The van der Waals surface area contributed by atoms with Crippen molar-refractivity contribution in [2.75, 3.05) is 24.3 Å². The highest BCUT2D eigenvalue weighted by molar-refractivity contribution is 5.57. The van der Waals surface area contributed by atoms with E-state index in [1.165, 1.54) is 16.9 Å². The molecule has 0 saturated heterocycles. The van der Waals surface area contributed by atoms with Crippen LogP contribution in [-0.2, 0) is 13.6 Å².